The summed E-state index contributed by atoms with van der Waals surface area (Å²) < 4.78 is 0. The van der Waals surface area contributed by atoms with E-state index in [0.717, 1.165) is 28.1 Å². The lowest BCUT2D eigenvalue weighted by Gasteiger charge is -2.11. The zero-order valence-electron chi connectivity index (χ0n) is 12.0. The fraction of sp³-hybridized carbons (Fsp3) is 0.167. The lowest BCUT2D eigenvalue weighted by atomic mass is 9.97. The maximum Gasteiger partial charge on any atom is 0.216 e. The van der Waals surface area contributed by atoms with Gasteiger partial charge in [0.15, 0.2) is 0 Å². The van der Waals surface area contributed by atoms with E-state index in [2.05, 4.69) is 23.5 Å². The molecule has 2 aromatic carbocycles. The van der Waals surface area contributed by atoms with Crippen molar-refractivity contribution in [3.63, 3.8) is 0 Å². The van der Waals surface area contributed by atoms with Crippen LogP contribution in [0.2, 0.25) is 5.02 Å². The van der Waals surface area contributed by atoms with Gasteiger partial charge in [-0.05, 0) is 23.6 Å². The zero-order chi connectivity index (χ0) is 15.1. The third-order valence-corrected chi connectivity index (χ3v) is 3.45. The van der Waals surface area contributed by atoms with Crippen LogP contribution in [0, 0.1) is 0 Å². The average molecular weight is 300 g/mol. The van der Waals surface area contributed by atoms with E-state index < -0.39 is 0 Å². The average Bonchev–Trinajstić information content (AvgIpc) is 2.49. The number of nitrogens with one attached hydrogen (secondary N) is 1. The molecule has 0 atom stereocenters. The molecule has 0 aromatic heterocycles. The normalized spacial score (nSPS) is 11.2. The number of carbonyl (C=O) groups excluding carboxylic acids is 1. The minimum Gasteiger partial charge on any atom is -0.356 e. The molecule has 0 spiro atoms. The van der Waals surface area contributed by atoms with E-state index in [4.69, 9.17) is 11.6 Å². The Morgan fingerprint density at radius 3 is 2.43 bits per heavy atom. The monoisotopic (exact) mass is 299 g/mol. The fourth-order valence-corrected chi connectivity index (χ4v) is 2.38. The highest BCUT2D eigenvalue weighted by Gasteiger charge is 2.07. The van der Waals surface area contributed by atoms with Crippen LogP contribution in [0.5, 0.6) is 0 Å². The molecule has 2 aromatic rings. The van der Waals surface area contributed by atoms with Gasteiger partial charge in [-0.2, -0.15) is 0 Å². The van der Waals surface area contributed by atoms with Crippen LogP contribution in [0.1, 0.15) is 24.5 Å². The first-order chi connectivity index (χ1) is 10.2. The van der Waals surface area contributed by atoms with Gasteiger partial charge in [0.25, 0.3) is 0 Å². The van der Waals surface area contributed by atoms with Gasteiger partial charge in [0.05, 0.1) is 0 Å². The van der Waals surface area contributed by atoms with E-state index in [9.17, 15) is 4.79 Å². The Balaban J connectivity index is 2.29. The van der Waals surface area contributed by atoms with Crippen LogP contribution in [0.4, 0.5) is 0 Å². The molecular formula is C18H18ClNO. The molecule has 0 aliphatic carbocycles. The summed E-state index contributed by atoms with van der Waals surface area (Å²) in [5, 5.41) is 3.53. The lowest BCUT2D eigenvalue weighted by Crippen LogP contribution is -2.20. The second kappa shape index (κ2) is 7.65. The number of halogens is 1. The summed E-state index contributed by atoms with van der Waals surface area (Å²) in [6.07, 6.45) is 2.88. The quantitative estimate of drug-likeness (QED) is 0.820. The van der Waals surface area contributed by atoms with Crippen molar-refractivity contribution in [3.05, 3.63) is 76.8 Å². The standard InChI is InChI=1S/C18H18ClNO/c1-14(21)20-13-7-11-16(15-8-3-2-4-9-15)17-10-5-6-12-18(17)19/h2-6,8-12H,7,13H2,1H3,(H,20,21). The van der Waals surface area contributed by atoms with E-state index in [1.165, 1.54) is 6.92 Å². The van der Waals surface area contributed by atoms with Gasteiger partial charge >= 0.3 is 0 Å². The van der Waals surface area contributed by atoms with Crippen molar-refractivity contribution in [2.24, 2.45) is 0 Å². The van der Waals surface area contributed by atoms with Gasteiger partial charge in [-0.3, -0.25) is 4.79 Å². The van der Waals surface area contributed by atoms with Crippen LogP contribution in [0.25, 0.3) is 5.57 Å². The van der Waals surface area contributed by atoms with Crippen molar-refractivity contribution >= 4 is 23.1 Å². The molecule has 2 nitrogen and oxygen atoms in total. The largest absolute Gasteiger partial charge is 0.356 e. The highest BCUT2D eigenvalue weighted by atomic mass is 35.5. The first kappa shape index (κ1) is 15.3. The molecule has 0 radical (unpaired) electrons. The van der Waals surface area contributed by atoms with Crippen molar-refractivity contribution in [2.75, 3.05) is 6.54 Å². The Morgan fingerprint density at radius 2 is 1.76 bits per heavy atom. The molecule has 0 aliphatic heterocycles. The number of amides is 1. The van der Waals surface area contributed by atoms with E-state index in [1.54, 1.807) is 0 Å². The molecule has 2 rings (SSSR count). The molecular weight excluding hydrogens is 282 g/mol. The SMILES string of the molecule is CC(=O)NCCC=C(c1ccccc1)c1ccccc1Cl. The van der Waals surface area contributed by atoms with Crippen LogP contribution in [0.3, 0.4) is 0 Å². The van der Waals surface area contributed by atoms with E-state index in [-0.39, 0.29) is 5.91 Å². The first-order valence-corrected chi connectivity index (χ1v) is 7.31. The fourth-order valence-electron chi connectivity index (χ4n) is 2.15. The van der Waals surface area contributed by atoms with Crippen molar-refractivity contribution < 1.29 is 4.79 Å². The highest BCUT2D eigenvalue weighted by Crippen LogP contribution is 2.29. The Labute approximate surface area is 130 Å². The van der Waals surface area contributed by atoms with Crippen LogP contribution >= 0.6 is 11.6 Å². The van der Waals surface area contributed by atoms with Gasteiger partial charge in [0.1, 0.15) is 0 Å². The summed E-state index contributed by atoms with van der Waals surface area (Å²) in [4.78, 5) is 10.9. The van der Waals surface area contributed by atoms with Crippen LogP contribution in [-0.2, 0) is 4.79 Å². The van der Waals surface area contributed by atoms with Crippen LogP contribution < -0.4 is 5.32 Å². The number of hydrogen-bond acceptors (Lipinski definition) is 1. The molecule has 0 heterocycles. The van der Waals surface area contributed by atoms with E-state index >= 15 is 0 Å². The van der Waals surface area contributed by atoms with Gasteiger partial charge in [-0.25, -0.2) is 0 Å². The van der Waals surface area contributed by atoms with Crippen molar-refractivity contribution in [2.45, 2.75) is 13.3 Å². The van der Waals surface area contributed by atoms with Gasteiger partial charge in [0, 0.05) is 24.1 Å². The lowest BCUT2D eigenvalue weighted by molar-refractivity contribution is -0.118. The smallest absolute Gasteiger partial charge is 0.216 e. The summed E-state index contributed by atoms with van der Waals surface area (Å²) in [5.74, 6) is -0.0117. The predicted molar refractivity (Wildman–Crippen MR) is 88.3 cm³/mol. The topological polar surface area (TPSA) is 29.1 Å². The van der Waals surface area contributed by atoms with Gasteiger partial charge < -0.3 is 5.32 Å². The predicted octanol–water partition coefficient (Wildman–Crippen LogP) is 4.30. The molecule has 0 fully saturated rings. The van der Waals surface area contributed by atoms with Crippen molar-refractivity contribution in [1.82, 2.24) is 5.32 Å². The Hall–Kier alpha value is -2.06. The minimum atomic E-state index is -0.0117. The molecule has 0 saturated carbocycles. The summed E-state index contributed by atoms with van der Waals surface area (Å²) in [6.45, 7) is 2.14. The Morgan fingerprint density at radius 1 is 1.10 bits per heavy atom. The van der Waals surface area contributed by atoms with Crippen LogP contribution in [0.15, 0.2) is 60.7 Å². The molecule has 0 unspecified atom stereocenters. The maximum atomic E-state index is 10.9. The van der Waals surface area contributed by atoms with Crippen molar-refractivity contribution in [3.8, 4) is 0 Å². The van der Waals surface area contributed by atoms with Gasteiger partial charge in [-0.15, -0.1) is 0 Å². The Bertz CT molecular complexity index is 635. The highest BCUT2D eigenvalue weighted by molar-refractivity contribution is 6.32. The van der Waals surface area contributed by atoms with Crippen molar-refractivity contribution in [1.29, 1.82) is 0 Å². The Kier molecular flexibility index (Phi) is 5.59. The molecule has 0 saturated heterocycles. The molecule has 1 amide bonds. The summed E-state index contributed by atoms with van der Waals surface area (Å²) in [5.41, 5.74) is 3.22. The maximum absolute atomic E-state index is 10.9. The van der Waals surface area contributed by atoms with Crippen LogP contribution in [-0.4, -0.2) is 12.5 Å². The number of carbonyl (C=O) groups is 1. The second-order valence-electron chi connectivity index (χ2n) is 4.74. The summed E-state index contributed by atoms with van der Waals surface area (Å²) in [6, 6.07) is 17.9. The number of benzene rings is 2. The number of rotatable bonds is 5. The molecule has 0 bridgehead atoms. The summed E-state index contributed by atoms with van der Waals surface area (Å²) >= 11 is 6.32. The molecule has 108 valence electrons. The molecule has 1 N–H and O–H groups in total. The van der Waals surface area contributed by atoms with E-state index in [0.29, 0.717) is 6.54 Å². The molecule has 0 aliphatic rings. The molecule has 21 heavy (non-hydrogen) atoms. The third-order valence-electron chi connectivity index (χ3n) is 3.12. The second-order valence-corrected chi connectivity index (χ2v) is 5.14. The van der Waals surface area contributed by atoms with Gasteiger partial charge in [0.2, 0.25) is 5.91 Å². The first-order valence-electron chi connectivity index (χ1n) is 6.93. The minimum absolute atomic E-state index is 0.0117. The molecule has 3 heteroatoms. The third kappa shape index (κ3) is 4.47. The van der Waals surface area contributed by atoms with Gasteiger partial charge in [-0.1, -0.05) is 66.2 Å². The zero-order valence-corrected chi connectivity index (χ0v) is 12.7. The number of hydrogen-bond donors (Lipinski definition) is 1. The van der Waals surface area contributed by atoms with E-state index in [1.807, 2.05) is 42.5 Å². The summed E-state index contributed by atoms with van der Waals surface area (Å²) in [7, 11) is 0.